The maximum absolute atomic E-state index is 5.81. The molecule has 1 heterocycles. The zero-order valence-corrected chi connectivity index (χ0v) is 19.4. The number of likely N-dealkylation sites (N-methyl/N-ethyl adjacent to an activating group) is 1. The van der Waals surface area contributed by atoms with Crippen LogP contribution in [0.2, 0.25) is 0 Å². The first-order chi connectivity index (χ1) is 14.7. The molecule has 0 amide bonds. The van der Waals surface area contributed by atoms with Crippen LogP contribution in [0.25, 0.3) is 10.8 Å². The van der Waals surface area contributed by atoms with Gasteiger partial charge >= 0.3 is 0 Å². The Morgan fingerprint density at radius 1 is 0.871 bits per heavy atom. The Morgan fingerprint density at radius 3 is 2.35 bits per heavy atom. The Morgan fingerprint density at radius 2 is 1.61 bits per heavy atom. The molecule has 0 spiro atoms. The number of nitrogens with zero attached hydrogens (tertiary/aromatic N) is 1. The van der Waals surface area contributed by atoms with Gasteiger partial charge in [0.1, 0.15) is 5.60 Å². The number of ether oxygens (including phenoxy) is 1. The summed E-state index contributed by atoms with van der Waals surface area (Å²) in [7, 11) is 3.86. The Hall–Kier alpha value is -2.40. The van der Waals surface area contributed by atoms with E-state index in [2.05, 4.69) is 66.5 Å². The first-order valence-corrected chi connectivity index (χ1v) is 10.9. The van der Waals surface area contributed by atoms with E-state index in [0.717, 1.165) is 13.1 Å². The molecule has 1 aliphatic heterocycles. The lowest BCUT2D eigenvalue weighted by molar-refractivity contribution is -0.324. The van der Waals surface area contributed by atoms with Crippen LogP contribution in [0.1, 0.15) is 50.3 Å². The summed E-state index contributed by atoms with van der Waals surface area (Å²) in [6.45, 7) is 9.82. The van der Waals surface area contributed by atoms with Gasteiger partial charge in [-0.15, -0.1) is 0 Å². The van der Waals surface area contributed by atoms with Gasteiger partial charge in [-0.3, -0.25) is 0 Å². The third-order valence-corrected chi connectivity index (χ3v) is 6.91. The topological polar surface area (TPSA) is 30.9 Å². The van der Waals surface area contributed by atoms with Gasteiger partial charge < -0.3 is 14.5 Å². The molecule has 0 bridgehead atoms. The molecule has 0 N–H and O–H groups in total. The molecule has 3 aromatic rings. The van der Waals surface area contributed by atoms with Crippen LogP contribution in [0, 0.1) is 0 Å². The largest absolute Gasteiger partial charge is 0.376 e. The molecule has 0 fully saturated rings. The summed E-state index contributed by atoms with van der Waals surface area (Å²) in [5.41, 5.74) is 2.89. The lowest BCUT2D eigenvalue weighted by atomic mass is 9.84. The monoisotopic (exact) mass is 419 g/mol. The van der Waals surface area contributed by atoms with Gasteiger partial charge in [0.2, 0.25) is 0 Å². The van der Waals surface area contributed by atoms with Gasteiger partial charge in [0.05, 0.1) is 5.60 Å². The molecular weight excluding hydrogens is 386 g/mol. The van der Waals surface area contributed by atoms with E-state index >= 15 is 0 Å². The standard InChI is InChI=1S/C27H33NO3/c1-26(2,29-6)27(3,4)31-30-23-13-14-24-22(16-23)17-28(5)18-25(24)21-12-11-19-9-7-8-10-20(19)15-21/h7-16,25H,17-18H2,1-6H3/t25-/m0/s1. The van der Waals surface area contributed by atoms with Crippen molar-refractivity contribution < 1.29 is 14.5 Å². The average molecular weight is 420 g/mol. The minimum Gasteiger partial charge on any atom is -0.376 e. The lowest BCUT2D eigenvalue weighted by Crippen LogP contribution is -2.49. The minimum atomic E-state index is -0.609. The van der Waals surface area contributed by atoms with Crippen LogP contribution in [0.3, 0.4) is 0 Å². The van der Waals surface area contributed by atoms with Gasteiger partial charge in [0.15, 0.2) is 5.75 Å². The molecule has 164 valence electrons. The van der Waals surface area contributed by atoms with Crippen molar-refractivity contribution in [1.29, 1.82) is 0 Å². The summed E-state index contributed by atoms with van der Waals surface area (Å²) in [6, 6.07) is 21.7. The molecule has 1 atom stereocenters. The van der Waals surface area contributed by atoms with E-state index in [4.69, 9.17) is 14.5 Å². The highest BCUT2D eigenvalue weighted by atomic mass is 17.2. The Bertz CT molecular complexity index is 1070. The van der Waals surface area contributed by atoms with E-state index < -0.39 is 11.2 Å². The van der Waals surface area contributed by atoms with Gasteiger partial charge in [-0.1, -0.05) is 48.5 Å². The van der Waals surface area contributed by atoms with Crippen LogP contribution >= 0.6 is 0 Å². The van der Waals surface area contributed by atoms with Crippen molar-refractivity contribution in [3.05, 3.63) is 77.4 Å². The highest BCUT2D eigenvalue weighted by Crippen LogP contribution is 2.37. The van der Waals surface area contributed by atoms with Gasteiger partial charge in [-0.05, 0) is 74.3 Å². The van der Waals surface area contributed by atoms with Crippen LogP contribution in [0.5, 0.6) is 5.75 Å². The predicted octanol–water partition coefficient (Wildman–Crippen LogP) is 5.93. The van der Waals surface area contributed by atoms with Crippen molar-refractivity contribution in [3.63, 3.8) is 0 Å². The van der Waals surface area contributed by atoms with Crippen molar-refractivity contribution in [2.45, 2.75) is 51.4 Å². The number of hydrogen-bond acceptors (Lipinski definition) is 4. The van der Waals surface area contributed by atoms with Crippen LogP contribution in [0.15, 0.2) is 60.7 Å². The zero-order valence-electron chi connectivity index (χ0n) is 19.4. The fourth-order valence-corrected chi connectivity index (χ4v) is 4.08. The molecule has 31 heavy (non-hydrogen) atoms. The summed E-state index contributed by atoms with van der Waals surface area (Å²) in [5.74, 6) is 1.04. The highest BCUT2D eigenvalue weighted by molar-refractivity contribution is 5.83. The summed E-state index contributed by atoms with van der Waals surface area (Å²) >= 11 is 0. The maximum Gasteiger partial charge on any atom is 0.165 e. The van der Waals surface area contributed by atoms with E-state index in [9.17, 15) is 0 Å². The smallest absolute Gasteiger partial charge is 0.165 e. The third-order valence-electron chi connectivity index (χ3n) is 6.91. The number of benzene rings is 3. The molecule has 4 heteroatoms. The number of hydrogen-bond donors (Lipinski definition) is 0. The van der Waals surface area contributed by atoms with Crippen LogP contribution in [-0.2, 0) is 16.2 Å². The molecule has 0 saturated heterocycles. The van der Waals surface area contributed by atoms with Gasteiger partial charge in [0, 0.05) is 26.1 Å². The van der Waals surface area contributed by atoms with E-state index in [-0.39, 0.29) is 0 Å². The minimum absolute atomic E-state index is 0.331. The molecule has 4 rings (SSSR count). The number of fused-ring (bicyclic) bond motifs is 2. The molecule has 3 aromatic carbocycles. The van der Waals surface area contributed by atoms with Crippen LogP contribution < -0.4 is 4.89 Å². The summed E-state index contributed by atoms with van der Waals surface area (Å²) in [6.07, 6.45) is 0. The Labute approximate surface area is 185 Å². The summed E-state index contributed by atoms with van der Waals surface area (Å²) < 4.78 is 5.58. The quantitative estimate of drug-likeness (QED) is 0.366. The Kier molecular flexibility index (Phi) is 5.82. The predicted molar refractivity (Wildman–Crippen MR) is 125 cm³/mol. The summed E-state index contributed by atoms with van der Waals surface area (Å²) in [5, 5.41) is 2.56. The van der Waals surface area contributed by atoms with E-state index in [1.54, 1.807) is 7.11 Å². The second-order valence-corrected chi connectivity index (χ2v) is 9.61. The molecule has 0 saturated carbocycles. The van der Waals surface area contributed by atoms with Crippen molar-refractivity contribution in [1.82, 2.24) is 4.90 Å². The van der Waals surface area contributed by atoms with E-state index in [1.807, 2.05) is 33.8 Å². The van der Waals surface area contributed by atoms with Crippen LogP contribution in [-0.4, -0.2) is 36.8 Å². The average Bonchev–Trinajstić information content (AvgIpc) is 2.76. The second kappa shape index (κ2) is 8.27. The van der Waals surface area contributed by atoms with Gasteiger partial charge in [-0.25, -0.2) is 0 Å². The molecule has 4 nitrogen and oxygen atoms in total. The zero-order chi connectivity index (χ0) is 22.2. The third kappa shape index (κ3) is 4.33. The summed E-state index contributed by atoms with van der Waals surface area (Å²) in [4.78, 5) is 13.9. The molecule has 0 aromatic heterocycles. The highest BCUT2D eigenvalue weighted by Gasteiger charge is 2.40. The number of methoxy groups -OCH3 is 1. The van der Waals surface area contributed by atoms with Crippen molar-refractivity contribution in [2.75, 3.05) is 20.7 Å². The Balaban J connectivity index is 1.60. The molecular formula is C27H33NO3. The second-order valence-electron chi connectivity index (χ2n) is 9.61. The number of rotatable bonds is 6. The molecule has 0 aliphatic carbocycles. The normalized spacial score (nSPS) is 17.5. The van der Waals surface area contributed by atoms with Crippen molar-refractivity contribution >= 4 is 10.8 Å². The fourth-order valence-electron chi connectivity index (χ4n) is 4.08. The SMILES string of the molecule is COC(C)(C)C(C)(C)OOc1ccc2c(c1)CN(C)C[C@H]2c1ccc2ccccc2c1. The van der Waals surface area contributed by atoms with Crippen molar-refractivity contribution in [3.8, 4) is 5.75 Å². The van der Waals surface area contributed by atoms with E-state index in [0.29, 0.717) is 11.7 Å². The first-order valence-electron chi connectivity index (χ1n) is 10.9. The van der Waals surface area contributed by atoms with E-state index in [1.165, 1.54) is 27.5 Å². The van der Waals surface area contributed by atoms with Gasteiger partial charge in [0.25, 0.3) is 0 Å². The lowest BCUT2D eigenvalue weighted by Gasteiger charge is -2.38. The fraction of sp³-hybridized carbons (Fsp3) is 0.407. The van der Waals surface area contributed by atoms with Crippen LogP contribution in [0.4, 0.5) is 0 Å². The molecule has 0 unspecified atom stereocenters. The molecule has 1 aliphatic rings. The van der Waals surface area contributed by atoms with Gasteiger partial charge in [-0.2, -0.15) is 4.89 Å². The first kappa shape index (κ1) is 21.8. The maximum atomic E-state index is 5.81. The van der Waals surface area contributed by atoms with Crippen molar-refractivity contribution in [2.24, 2.45) is 0 Å². The molecule has 0 radical (unpaired) electrons.